The Hall–Kier alpha value is -3.20. The van der Waals surface area contributed by atoms with Gasteiger partial charge in [-0.25, -0.2) is 0 Å². The van der Waals surface area contributed by atoms with Gasteiger partial charge in [0.1, 0.15) is 0 Å². The molecule has 0 radical (unpaired) electrons. The highest BCUT2D eigenvalue weighted by Crippen LogP contribution is 2.37. The summed E-state index contributed by atoms with van der Waals surface area (Å²) >= 11 is 0. The van der Waals surface area contributed by atoms with E-state index in [-0.39, 0.29) is 0 Å². The summed E-state index contributed by atoms with van der Waals surface area (Å²) in [5.74, 6) is 1.53. The largest absolute Gasteiger partial charge is 0.724 e. The predicted molar refractivity (Wildman–Crippen MR) is 83.1 cm³/mol. The molecule has 0 saturated carbocycles. The number of hydrogen-bond acceptors (Lipinski definition) is 4. The van der Waals surface area contributed by atoms with Crippen molar-refractivity contribution in [3.63, 3.8) is 0 Å². The number of hydrogen-bond donors (Lipinski definition) is 0. The molecule has 0 aromatic heterocycles. The van der Waals surface area contributed by atoms with Crippen LogP contribution in [0.4, 0.5) is 0 Å². The third kappa shape index (κ3) is 5.84. The van der Waals surface area contributed by atoms with Crippen LogP contribution in [0.5, 0.6) is 11.5 Å². The van der Waals surface area contributed by atoms with Crippen molar-refractivity contribution in [3.05, 3.63) is 59.3 Å². The van der Waals surface area contributed by atoms with E-state index in [4.69, 9.17) is 29.9 Å². The summed E-state index contributed by atoms with van der Waals surface area (Å²) in [6.07, 6.45) is 1.00. The Balaban J connectivity index is 0.000000639. The number of benzene rings is 2. The first kappa shape index (κ1) is 18.8. The fourth-order valence-corrected chi connectivity index (χ4v) is 1.73. The average molecular weight is 298 g/mol. The van der Waals surface area contributed by atoms with Crippen molar-refractivity contribution < 1.29 is 19.1 Å². The normalized spacial score (nSPS) is 7.91. The molecular weight excluding hydrogens is 284 g/mol. The Labute approximate surface area is 128 Å². The lowest BCUT2D eigenvalue weighted by Gasteiger charge is -2.12. The summed E-state index contributed by atoms with van der Waals surface area (Å²) in [5.41, 5.74) is 2.17. The monoisotopic (exact) mass is 298 g/mol. The molecule has 0 heterocycles. The molecule has 114 valence electrons. The van der Waals surface area contributed by atoms with Gasteiger partial charge in [0.2, 0.25) is 0 Å². The van der Waals surface area contributed by atoms with E-state index >= 15 is 0 Å². The maximum Gasteiger partial charge on any atom is 0.168 e. The summed E-state index contributed by atoms with van der Waals surface area (Å²) in [6, 6.07) is 16.0. The van der Waals surface area contributed by atoms with Crippen LogP contribution in [-0.2, 0) is 9.59 Å². The highest BCUT2D eigenvalue weighted by Gasteiger charge is 2.10. The van der Waals surface area contributed by atoms with Gasteiger partial charge >= 0.3 is 0 Å². The molecular formula is C16H14N2O4-2. The Morgan fingerprint density at radius 2 is 1.36 bits per heavy atom. The van der Waals surface area contributed by atoms with Crippen molar-refractivity contribution in [2.75, 3.05) is 14.2 Å². The maximum atomic E-state index is 8.24. The molecule has 6 nitrogen and oxygen atoms in total. The van der Waals surface area contributed by atoms with E-state index < -0.39 is 0 Å². The summed E-state index contributed by atoms with van der Waals surface area (Å²) in [7, 11) is 3.30. The molecule has 0 fully saturated rings. The first-order valence-electron chi connectivity index (χ1n) is 5.98. The maximum absolute atomic E-state index is 8.24. The molecule has 0 amide bonds. The fraction of sp³-hybridized carbons (Fsp3) is 0.125. The lowest BCUT2D eigenvalue weighted by atomic mass is 10.0. The van der Waals surface area contributed by atoms with E-state index in [1.54, 1.807) is 14.2 Å². The first-order chi connectivity index (χ1) is 10.7. The SMILES string of the molecule is COc1cccc(-c2ccccc2)c1OC.[N-]=C=O.[N-]=C=O. The van der Waals surface area contributed by atoms with E-state index in [1.165, 1.54) is 0 Å². The quantitative estimate of drug-likeness (QED) is 0.642. The molecule has 0 unspecified atom stereocenters. The zero-order valence-electron chi connectivity index (χ0n) is 12.1. The number of methoxy groups -OCH3 is 2. The number of carbonyl (C=O) groups excluding carboxylic acids is 2. The number of para-hydroxylation sites is 1. The van der Waals surface area contributed by atoms with Crippen LogP contribution in [0.2, 0.25) is 0 Å². The smallest absolute Gasteiger partial charge is 0.168 e. The second kappa shape index (κ2) is 11.6. The average Bonchev–Trinajstić information content (AvgIpc) is 2.56. The molecule has 2 aromatic carbocycles. The lowest BCUT2D eigenvalue weighted by Crippen LogP contribution is -1.92. The third-order valence-electron chi connectivity index (χ3n) is 2.49. The zero-order valence-corrected chi connectivity index (χ0v) is 12.1. The molecule has 2 aromatic rings. The van der Waals surface area contributed by atoms with Gasteiger partial charge < -0.3 is 20.3 Å². The van der Waals surface area contributed by atoms with Gasteiger partial charge in [-0.2, -0.15) is 0 Å². The summed E-state index contributed by atoms with van der Waals surface area (Å²) in [6.45, 7) is 0. The highest BCUT2D eigenvalue weighted by molar-refractivity contribution is 5.73. The van der Waals surface area contributed by atoms with Crippen molar-refractivity contribution in [1.29, 1.82) is 0 Å². The van der Waals surface area contributed by atoms with Crippen molar-refractivity contribution in [3.8, 4) is 22.6 Å². The predicted octanol–water partition coefficient (Wildman–Crippen LogP) is 3.15. The van der Waals surface area contributed by atoms with Crippen molar-refractivity contribution in [1.82, 2.24) is 0 Å². The molecule has 0 atom stereocenters. The minimum absolute atomic E-state index is 0.500. The van der Waals surface area contributed by atoms with Crippen LogP contribution in [0.25, 0.3) is 21.9 Å². The second-order valence-corrected chi connectivity index (χ2v) is 3.59. The molecule has 22 heavy (non-hydrogen) atoms. The zero-order chi connectivity index (χ0) is 16.8. The van der Waals surface area contributed by atoms with Crippen LogP contribution in [0, 0.1) is 0 Å². The van der Waals surface area contributed by atoms with Crippen molar-refractivity contribution >= 4 is 12.2 Å². The Bertz CT molecular complexity index is 618. The second-order valence-electron chi connectivity index (χ2n) is 3.59. The molecule has 0 bridgehead atoms. The van der Waals surface area contributed by atoms with Gasteiger partial charge in [-0.3, -0.25) is 9.59 Å². The molecule has 0 aliphatic carbocycles. The van der Waals surface area contributed by atoms with Crippen LogP contribution in [0.15, 0.2) is 48.5 Å². The first-order valence-corrected chi connectivity index (χ1v) is 5.98. The minimum Gasteiger partial charge on any atom is -0.724 e. The highest BCUT2D eigenvalue weighted by atomic mass is 16.5. The molecule has 0 spiro atoms. The van der Waals surface area contributed by atoms with Gasteiger partial charge in [0, 0.05) is 5.56 Å². The van der Waals surface area contributed by atoms with E-state index in [0.29, 0.717) is 12.2 Å². The number of rotatable bonds is 3. The van der Waals surface area contributed by atoms with Gasteiger partial charge in [-0.05, 0) is 23.8 Å². The van der Waals surface area contributed by atoms with E-state index in [1.807, 2.05) is 36.4 Å². The lowest BCUT2D eigenvalue weighted by molar-refractivity contribution is 0.356. The Morgan fingerprint density at radius 1 is 0.818 bits per heavy atom. The number of ether oxygens (including phenoxy) is 2. The van der Waals surface area contributed by atoms with Crippen LogP contribution in [0.1, 0.15) is 0 Å². The minimum atomic E-state index is 0.500. The van der Waals surface area contributed by atoms with Gasteiger partial charge in [0.15, 0.2) is 11.5 Å². The number of nitrogens with zero attached hydrogens (tertiary/aromatic N) is 2. The molecule has 0 saturated heterocycles. The Kier molecular flexibility index (Phi) is 9.92. The van der Waals surface area contributed by atoms with Crippen LogP contribution < -0.4 is 9.47 Å². The number of isocyanates is 2. The van der Waals surface area contributed by atoms with Crippen LogP contribution in [-0.4, -0.2) is 26.4 Å². The molecule has 0 aliphatic heterocycles. The van der Waals surface area contributed by atoms with Gasteiger partial charge in [0.05, 0.1) is 14.2 Å². The van der Waals surface area contributed by atoms with Crippen LogP contribution in [0.3, 0.4) is 0 Å². The molecule has 0 aliphatic rings. The molecule has 6 heteroatoms. The summed E-state index contributed by atoms with van der Waals surface area (Å²) < 4.78 is 10.7. The third-order valence-corrected chi connectivity index (χ3v) is 2.49. The summed E-state index contributed by atoms with van der Waals surface area (Å²) in [5, 5.41) is 13.5. The fourth-order valence-electron chi connectivity index (χ4n) is 1.73. The van der Waals surface area contributed by atoms with Gasteiger partial charge in [-0.15, -0.1) is 0 Å². The van der Waals surface area contributed by atoms with Gasteiger partial charge in [-0.1, -0.05) is 42.5 Å². The van der Waals surface area contributed by atoms with E-state index in [2.05, 4.69) is 12.1 Å². The molecule has 2 rings (SSSR count). The van der Waals surface area contributed by atoms with Crippen molar-refractivity contribution in [2.45, 2.75) is 0 Å². The van der Waals surface area contributed by atoms with Gasteiger partial charge in [0.25, 0.3) is 0 Å². The topological polar surface area (TPSA) is 97.2 Å². The Morgan fingerprint density at radius 3 is 1.82 bits per heavy atom. The van der Waals surface area contributed by atoms with E-state index in [0.717, 1.165) is 22.6 Å². The molecule has 0 N–H and O–H groups in total. The van der Waals surface area contributed by atoms with Crippen LogP contribution >= 0.6 is 0 Å². The standard InChI is InChI=1S/C14H14O2.2CNO/c1-15-13-10-6-9-12(14(13)16-2)11-7-4-3-5-8-11;2*2-1-3/h3-10H,1-2H3;;/q;2*-1. The van der Waals surface area contributed by atoms with Crippen molar-refractivity contribution in [2.24, 2.45) is 0 Å². The summed E-state index contributed by atoms with van der Waals surface area (Å²) in [4.78, 5) is 16.5. The van der Waals surface area contributed by atoms with E-state index in [9.17, 15) is 0 Å².